The third-order valence-electron chi connectivity index (χ3n) is 4.27. The monoisotopic (exact) mass is 332 g/mol. The van der Waals surface area contributed by atoms with Crippen LogP contribution in [-0.4, -0.2) is 64.9 Å². The van der Waals surface area contributed by atoms with E-state index in [0.717, 1.165) is 6.26 Å². The van der Waals surface area contributed by atoms with Crippen LogP contribution in [0.5, 0.6) is 0 Å². The number of carboxylic acids is 1. The second kappa shape index (κ2) is 3.97. The Kier molecular flexibility index (Phi) is 2.79. The average molecular weight is 332 g/mol. The van der Waals surface area contributed by atoms with E-state index in [1.807, 2.05) is 0 Å². The highest BCUT2D eigenvalue weighted by Crippen LogP contribution is 2.59. The van der Waals surface area contributed by atoms with Gasteiger partial charge in [-0.1, -0.05) is 0 Å². The highest BCUT2D eigenvalue weighted by molar-refractivity contribution is 8.01. The molecule has 3 aliphatic rings. The van der Waals surface area contributed by atoms with Crippen molar-refractivity contribution in [3.05, 3.63) is 0 Å². The number of carboxylic acid groups (broad SMARTS) is 1. The summed E-state index contributed by atoms with van der Waals surface area (Å²) in [5.41, 5.74) is -1.47. The first-order valence-corrected chi connectivity index (χ1v) is 9.16. The van der Waals surface area contributed by atoms with Crippen LogP contribution in [0.15, 0.2) is 10.2 Å². The van der Waals surface area contributed by atoms with Crippen LogP contribution in [0.4, 0.5) is 0 Å². The van der Waals surface area contributed by atoms with Crippen molar-refractivity contribution in [2.24, 2.45) is 10.2 Å². The van der Waals surface area contributed by atoms with E-state index in [1.165, 1.54) is 16.7 Å². The Balaban J connectivity index is 2.06. The first kappa shape index (κ1) is 14.8. The number of fused-ring (bicyclic) bond motifs is 2. The normalized spacial score (nSPS) is 40.4. The summed E-state index contributed by atoms with van der Waals surface area (Å²) >= 11 is 1.24. The van der Waals surface area contributed by atoms with Gasteiger partial charge >= 0.3 is 0 Å². The molecule has 2 fully saturated rings. The second-order valence-corrected chi connectivity index (χ2v) is 10.0. The Morgan fingerprint density at radius 2 is 2.10 bits per heavy atom. The van der Waals surface area contributed by atoms with Gasteiger partial charge in [0.05, 0.1) is 18.6 Å². The minimum atomic E-state index is -3.53. The van der Waals surface area contributed by atoms with Gasteiger partial charge in [0.15, 0.2) is 9.84 Å². The number of azo groups is 1. The van der Waals surface area contributed by atoms with E-state index in [1.54, 1.807) is 13.8 Å². The van der Waals surface area contributed by atoms with Crippen LogP contribution in [-0.2, 0) is 19.4 Å². The van der Waals surface area contributed by atoms with E-state index >= 15 is 0 Å². The molecule has 3 rings (SSSR count). The van der Waals surface area contributed by atoms with Gasteiger partial charge in [-0.2, -0.15) is 10.2 Å². The van der Waals surface area contributed by atoms with E-state index in [-0.39, 0.29) is 6.54 Å². The fraction of sp³-hybridized carbons (Fsp3) is 0.818. The van der Waals surface area contributed by atoms with Crippen LogP contribution in [0.2, 0.25) is 0 Å². The Bertz CT molecular complexity index is 673. The van der Waals surface area contributed by atoms with Gasteiger partial charge in [-0.25, -0.2) is 8.42 Å². The number of sulfone groups is 1. The number of hydrogen-bond acceptors (Lipinski definition) is 8. The van der Waals surface area contributed by atoms with Crippen molar-refractivity contribution in [2.75, 3.05) is 12.8 Å². The summed E-state index contributed by atoms with van der Waals surface area (Å²) < 4.78 is 23.1. The number of carbonyl (C=O) groups excluding carboxylic acids is 2. The number of thioether (sulfide) groups is 1. The van der Waals surface area contributed by atoms with Crippen LogP contribution in [0.25, 0.3) is 0 Å². The van der Waals surface area contributed by atoms with Crippen LogP contribution < -0.4 is 5.11 Å². The molecule has 0 aromatic carbocycles. The summed E-state index contributed by atoms with van der Waals surface area (Å²) in [4.78, 5) is 25.1. The summed E-state index contributed by atoms with van der Waals surface area (Å²) in [6.45, 7) is 3.32. The van der Waals surface area contributed by atoms with Crippen molar-refractivity contribution < 1.29 is 23.1 Å². The molecule has 8 nitrogen and oxygen atoms in total. The van der Waals surface area contributed by atoms with Gasteiger partial charge in [-0.05, 0) is 13.8 Å². The maximum absolute atomic E-state index is 12.5. The van der Waals surface area contributed by atoms with Crippen molar-refractivity contribution in [1.29, 1.82) is 0 Å². The van der Waals surface area contributed by atoms with E-state index in [0.29, 0.717) is 0 Å². The third-order valence-corrected chi connectivity index (χ3v) is 7.46. The molecule has 0 N–H and O–H groups in total. The predicted octanol–water partition coefficient (Wildman–Crippen LogP) is -1.58. The lowest BCUT2D eigenvalue weighted by Crippen LogP contribution is -2.77. The molecule has 3 heterocycles. The molecule has 0 aliphatic carbocycles. The lowest BCUT2D eigenvalue weighted by atomic mass is 9.83. The molecule has 3 aliphatic heterocycles. The molecule has 116 valence electrons. The Labute approximate surface area is 125 Å². The van der Waals surface area contributed by atoms with Gasteiger partial charge in [-0.15, -0.1) is 11.8 Å². The molecular formula is C11H14N3O5S2-. The number of amides is 1. The number of hydrogen-bond donors (Lipinski definition) is 0. The molecular weight excluding hydrogens is 318 g/mol. The first-order chi connectivity index (χ1) is 9.53. The van der Waals surface area contributed by atoms with Crippen molar-refractivity contribution in [3.8, 4) is 0 Å². The van der Waals surface area contributed by atoms with Crippen LogP contribution in [0, 0.1) is 0 Å². The van der Waals surface area contributed by atoms with E-state index in [4.69, 9.17) is 0 Å². The standard InChI is InChI=1S/C11H15N3O5S2/c1-10(2)6(7(15)16)14-8(17)11(9(14)20-10)5(4-12-13-11)21(3,18)19/h5-6,9H,4H2,1-3H3,(H,15,16)/p-1/t5-,6-,9+,11-/m0/s1. The minimum Gasteiger partial charge on any atom is -0.548 e. The van der Waals surface area contributed by atoms with Crippen molar-refractivity contribution in [3.63, 3.8) is 0 Å². The van der Waals surface area contributed by atoms with Crippen molar-refractivity contribution in [1.82, 2.24) is 4.90 Å². The fourth-order valence-corrected chi connectivity index (χ4v) is 6.43. The highest BCUT2D eigenvalue weighted by Gasteiger charge is 2.76. The zero-order valence-corrected chi connectivity index (χ0v) is 13.3. The molecule has 21 heavy (non-hydrogen) atoms. The third kappa shape index (κ3) is 1.65. The predicted molar refractivity (Wildman–Crippen MR) is 72.2 cm³/mol. The quantitative estimate of drug-likeness (QED) is 0.563. The lowest BCUT2D eigenvalue weighted by molar-refractivity contribution is -0.312. The zero-order chi connectivity index (χ0) is 15.8. The molecule has 0 saturated carbocycles. The van der Waals surface area contributed by atoms with Gasteiger partial charge in [0.25, 0.3) is 5.91 Å². The summed E-state index contributed by atoms with van der Waals surface area (Å²) in [6.07, 6.45) is 1.05. The maximum Gasteiger partial charge on any atom is 0.258 e. The number of rotatable bonds is 2. The molecule has 0 unspecified atom stereocenters. The van der Waals surface area contributed by atoms with Crippen LogP contribution >= 0.6 is 11.8 Å². The van der Waals surface area contributed by atoms with Crippen molar-refractivity contribution in [2.45, 2.75) is 40.8 Å². The molecule has 10 heteroatoms. The first-order valence-electron chi connectivity index (χ1n) is 6.32. The van der Waals surface area contributed by atoms with Crippen LogP contribution in [0.3, 0.4) is 0 Å². The summed E-state index contributed by atoms with van der Waals surface area (Å²) in [5.74, 6) is -1.93. The lowest BCUT2D eigenvalue weighted by Gasteiger charge is -2.51. The Morgan fingerprint density at radius 3 is 2.62 bits per heavy atom. The maximum atomic E-state index is 12.5. The molecule has 0 bridgehead atoms. The molecule has 1 amide bonds. The number of β-lactam (4-membered cyclic amide) rings is 1. The summed E-state index contributed by atoms with van der Waals surface area (Å²) in [7, 11) is -3.53. The fourth-order valence-electron chi connectivity index (χ4n) is 3.33. The second-order valence-electron chi connectivity index (χ2n) is 6.08. The highest BCUT2D eigenvalue weighted by atomic mass is 32.2. The Morgan fingerprint density at radius 1 is 1.48 bits per heavy atom. The zero-order valence-electron chi connectivity index (χ0n) is 11.6. The smallest absolute Gasteiger partial charge is 0.258 e. The largest absolute Gasteiger partial charge is 0.548 e. The topological polar surface area (TPSA) is 119 Å². The van der Waals surface area contributed by atoms with Gasteiger partial charge in [0, 0.05) is 11.0 Å². The molecule has 0 radical (unpaired) electrons. The summed E-state index contributed by atoms with van der Waals surface area (Å²) in [6, 6.07) is -1.10. The van der Waals surface area contributed by atoms with Crippen LogP contribution in [0.1, 0.15) is 13.8 Å². The van der Waals surface area contributed by atoms with E-state index in [2.05, 4.69) is 10.2 Å². The summed E-state index contributed by atoms with van der Waals surface area (Å²) in [5, 5.41) is 17.4. The minimum absolute atomic E-state index is 0.0636. The van der Waals surface area contributed by atoms with Gasteiger partial charge < -0.3 is 14.8 Å². The van der Waals surface area contributed by atoms with Gasteiger partial charge in [0.1, 0.15) is 10.6 Å². The number of carbonyl (C=O) groups is 2. The molecule has 2 saturated heterocycles. The molecule has 1 spiro atoms. The van der Waals surface area contributed by atoms with E-state index < -0.39 is 48.7 Å². The number of aliphatic carboxylic acids is 1. The van der Waals surface area contributed by atoms with Gasteiger partial charge in [0.2, 0.25) is 5.54 Å². The molecule has 0 aromatic heterocycles. The SMILES string of the molecule is CC1(C)S[C@H]2N(C(=O)[C@]23N=NC[C@@H]3S(C)(=O)=O)[C@H]1C(=O)[O-]. The van der Waals surface area contributed by atoms with E-state index in [9.17, 15) is 23.1 Å². The number of nitrogens with zero attached hydrogens (tertiary/aromatic N) is 3. The van der Waals surface area contributed by atoms with Crippen molar-refractivity contribution >= 4 is 33.5 Å². The average Bonchev–Trinajstić information content (AvgIpc) is 2.87. The molecule has 4 atom stereocenters. The van der Waals surface area contributed by atoms with Gasteiger partial charge in [-0.3, -0.25) is 4.79 Å². The molecule has 0 aromatic rings. The Hall–Kier alpha value is -1.16.